The molecule has 0 fully saturated rings. The Morgan fingerprint density at radius 3 is 2.67 bits per heavy atom. The Bertz CT molecular complexity index is 771. The van der Waals surface area contributed by atoms with Gasteiger partial charge in [-0.25, -0.2) is 0 Å². The summed E-state index contributed by atoms with van der Waals surface area (Å²) in [6.07, 6.45) is 3.46. The molecule has 0 saturated heterocycles. The number of halogens is 1. The van der Waals surface area contributed by atoms with Gasteiger partial charge in [-0.1, -0.05) is 15.9 Å². The molecule has 0 unspecified atom stereocenters. The summed E-state index contributed by atoms with van der Waals surface area (Å²) in [5, 5.41) is 7.14. The van der Waals surface area contributed by atoms with Crippen LogP contribution in [0, 0.1) is 0 Å². The number of ether oxygens (including phenoxy) is 1. The van der Waals surface area contributed by atoms with Crippen molar-refractivity contribution in [2.24, 2.45) is 0 Å². The average molecular weight is 345 g/mol. The first-order valence-corrected chi connectivity index (χ1v) is 7.08. The van der Waals surface area contributed by atoms with Crippen molar-refractivity contribution in [1.82, 2.24) is 15.2 Å². The van der Waals surface area contributed by atoms with Gasteiger partial charge in [-0.05, 0) is 35.9 Å². The topological polar surface area (TPSA) is 76.8 Å². The fraction of sp³-hybridized carbons (Fsp3) is 0.0667. The molecule has 0 aliphatic rings. The van der Waals surface area contributed by atoms with Crippen LogP contribution in [0.4, 0.5) is 5.82 Å². The lowest BCUT2D eigenvalue weighted by atomic mass is 10.0. The van der Waals surface area contributed by atoms with Crippen LogP contribution in [-0.2, 0) is 0 Å². The largest absolute Gasteiger partial charge is 0.497 e. The highest BCUT2D eigenvalue weighted by atomic mass is 79.9. The van der Waals surface area contributed by atoms with E-state index in [1.54, 1.807) is 19.5 Å². The summed E-state index contributed by atoms with van der Waals surface area (Å²) in [6.45, 7) is 0. The van der Waals surface area contributed by atoms with E-state index in [4.69, 9.17) is 10.5 Å². The number of anilines is 1. The summed E-state index contributed by atoms with van der Waals surface area (Å²) < 4.78 is 6.22. The highest BCUT2D eigenvalue weighted by Gasteiger charge is 2.17. The maximum atomic E-state index is 6.02. The van der Waals surface area contributed by atoms with Crippen LogP contribution in [0.1, 0.15) is 0 Å². The number of hydrogen-bond acceptors (Lipinski definition) is 4. The fourth-order valence-corrected chi connectivity index (χ4v) is 2.63. The normalized spacial score (nSPS) is 10.6. The third kappa shape index (κ3) is 2.50. The van der Waals surface area contributed by atoms with E-state index in [0.29, 0.717) is 5.82 Å². The van der Waals surface area contributed by atoms with Crippen LogP contribution in [0.3, 0.4) is 0 Å². The molecule has 0 aliphatic heterocycles. The number of nitrogen functional groups attached to an aromatic ring is 1. The van der Waals surface area contributed by atoms with Crippen molar-refractivity contribution in [1.29, 1.82) is 0 Å². The second-order valence-corrected chi connectivity index (χ2v) is 5.29. The fourth-order valence-electron chi connectivity index (χ4n) is 2.18. The minimum Gasteiger partial charge on any atom is -0.497 e. The van der Waals surface area contributed by atoms with Crippen LogP contribution >= 0.6 is 15.9 Å². The zero-order chi connectivity index (χ0) is 14.8. The summed E-state index contributed by atoms with van der Waals surface area (Å²) >= 11 is 3.56. The molecule has 2 heterocycles. The lowest BCUT2D eigenvalue weighted by Crippen LogP contribution is -1.90. The van der Waals surface area contributed by atoms with Crippen molar-refractivity contribution in [3.8, 4) is 28.1 Å². The predicted molar refractivity (Wildman–Crippen MR) is 85.9 cm³/mol. The molecule has 0 spiro atoms. The van der Waals surface area contributed by atoms with Gasteiger partial charge >= 0.3 is 0 Å². The van der Waals surface area contributed by atoms with Crippen molar-refractivity contribution in [2.45, 2.75) is 0 Å². The van der Waals surface area contributed by atoms with Gasteiger partial charge in [0.2, 0.25) is 0 Å². The lowest BCUT2D eigenvalue weighted by molar-refractivity contribution is 0.415. The lowest BCUT2D eigenvalue weighted by Gasteiger charge is -2.08. The van der Waals surface area contributed by atoms with Crippen LogP contribution in [0.25, 0.3) is 22.4 Å². The SMILES string of the molecule is COc1ccc(Br)c(-c2[nH]nc(N)c2-c2ccncc2)c1. The van der Waals surface area contributed by atoms with Gasteiger partial charge in [-0.2, -0.15) is 5.10 Å². The number of H-pyrrole nitrogens is 1. The number of pyridine rings is 1. The van der Waals surface area contributed by atoms with Gasteiger partial charge in [0.15, 0.2) is 5.82 Å². The summed E-state index contributed by atoms with van der Waals surface area (Å²) in [5.41, 5.74) is 9.61. The Morgan fingerprint density at radius 1 is 1.19 bits per heavy atom. The molecule has 106 valence electrons. The van der Waals surface area contributed by atoms with Crippen LogP contribution in [0.5, 0.6) is 5.75 Å². The van der Waals surface area contributed by atoms with E-state index >= 15 is 0 Å². The average Bonchev–Trinajstić information content (AvgIpc) is 2.90. The standard InChI is InChI=1S/C15H13BrN4O/c1-21-10-2-3-12(16)11(8-10)14-13(15(17)20-19-14)9-4-6-18-7-5-9/h2-8H,1H3,(H3,17,19,20). The van der Waals surface area contributed by atoms with Crippen LogP contribution in [-0.4, -0.2) is 22.3 Å². The van der Waals surface area contributed by atoms with Crippen LogP contribution in [0.15, 0.2) is 47.2 Å². The van der Waals surface area contributed by atoms with Gasteiger partial charge < -0.3 is 10.5 Å². The van der Waals surface area contributed by atoms with Crippen LogP contribution < -0.4 is 10.5 Å². The number of aromatic nitrogens is 3. The molecule has 0 atom stereocenters. The Morgan fingerprint density at radius 2 is 1.95 bits per heavy atom. The number of aromatic amines is 1. The molecular weight excluding hydrogens is 332 g/mol. The van der Waals surface area contributed by atoms with Crippen molar-refractivity contribution >= 4 is 21.7 Å². The maximum absolute atomic E-state index is 6.02. The zero-order valence-electron chi connectivity index (χ0n) is 11.3. The molecule has 0 aliphatic carbocycles. The van der Waals surface area contributed by atoms with E-state index in [1.807, 2.05) is 30.3 Å². The minimum absolute atomic E-state index is 0.450. The molecule has 3 aromatic rings. The molecule has 5 nitrogen and oxygen atoms in total. The monoisotopic (exact) mass is 344 g/mol. The number of nitrogens with one attached hydrogen (secondary N) is 1. The van der Waals surface area contributed by atoms with Gasteiger partial charge in [-0.3, -0.25) is 10.1 Å². The summed E-state index contributed by atoms with van der Waals surface area (Å²) in [4.78, 5) is 4.03. The molecule has 1 aromatic carbocycles. The molecule has 2 aromatic heterocycles. The molecule has 21 heavy (non-hydrogen) atoms. The van der Waals surface area contributed by atoms with Crippen molar-refractivity contribution in [3.05, 3.63) is 47.2 Å². The number of nitrogens with two attached hydrogens (primary N) is 1. The molecule has 0 radical (unpaired) electrons. The summed E-state index contributed by atoms with van der Waals surface area (Å²) in [5.74, 6) is 1.22. The van der Waals surface area contributed by atoms with E-state index in [1.165, 1.54) is 0 Å². The Balaban J connectivity index is 2.21. The first kappa shape index (κ1) is 13.6. The second-order valence-electron chi connectivity index (χ2n) is 4.44. The number of rotatable bonds is 3. The molecule has 3 N–H and O–H groups in total. The number of hydrogen-bond donors (Lipinski definition) is 2. The highest BCUT2D eigenvalue weighted by Crippen LogP contribution is 2.39. The number of benzene rings is 1. The Labute approximate surface area is 130 Å². The molecule has 0 amide bonds. The van der Waals surface area contributed by atoms with Crippen molar-refractivity contribution in [3.63, 3.8) is 0 Å². The molecule has 0 bridgehead atoms. The summed E-state index contributed by atoms with van der Waals surface area (Å²) in [7, 11) is 1.64. The van der Waals surface area contributed by atoms with Gasteiger partial charge in [0.1, 0.15) is 5.75 Å². The van der Waals surface area contributed by atoms with Gasteiger partial charge in [0.25, 0.3) is 0 Å². The number of nitrogens with zero attached hydrogens (tertiary/aromatic N) is 2. The first-order valence-electron chi connectivity index (χ1n) is 6.29. The predicted octanol–water partition coefficient (Wildman–Crippen LogP) is 3.49. The molecule has 6 heteroatoms. The van der Waals surface area contributed by atoms with Crippen molar-refractivity contribution in [2.75, 3.05) is 12.8 Å². The first-order chi connectivity index (χ1) is 10.2. The molecule has 3 rings (SSSR count). The van der Waals surface area contributed by atoms with Gasteiger partial charge in [0, 0.05) is 22.4 Å². The third-order valence-electron chi connectivity index (χ3n) is 3.21. The quantitative estimate of drug-likeness (QED) is 0.762. The smallest absolute Gasteiger partial charge is 0.153 e. The maximum Gasteiger partial charge on any atom is 0.153 e. The Kier molecular flexibility index (Phi) is 3.62. The van der Waals surface area contributed by atoms with Crippen molar-refractivity contribution < 1.29 is 4.74 Å². The second kappa shape index (κ2) is 5.57. The Hall–Kier alpha value is -2.34. The van der Waals surface area contributed by atoms with Gasteiger partial charge in [-0.15, -0.1) is 0 Å². The van der Waals surface area contributed by atoms with E-state index in [0.717, 1.165) is 32.6 Å². The third-order valence-corrected chi connectivity index (χ3v) is 3.90. The van der Waals surface area contributed by atoms with E-state index in [9.17, 15) is 0 Å². The minimum atomic E-state index is 0.450. The van der Waals surface area contributed by atoms with Crippen LogP contribution in [0.2, 0.25) is 0 Å². The van der Waals surface area contributed by atoms with Gasteiger partial charge in [0.05, 0.1) is 18.4 Å². The zero-order valence-corrected chi connectivity index (χ0v) is 12.9. The molecule has 0 saturated carbocycles. The van der Waals surface area contributed by atoms with E-state index < -0.39 is 0 Å². The highest BCUT2D eigenvalue weighted by molar-refractivity contribution is 9.10. The van der Waals surface area contributed by atoms with E-state index in [-0.39, 0.29) is 0 Å². The number of methoxy groups -OCH3 is 1. The molecular formula is C15H13BrN4O. The summed E-state index contributed by atoms with van der Waals surface area (Å²) in [6, 6.07) is 9.56. The van der Waals surface area contributed by atoms with E-state index in [2.05, 4.69) is 31.1 Å².